The van der Waals surface area contributed by atoms with Gasteiger partial charge in [0.05, 0.1) is 6.54 Å². The lowest BCUT2D eigenvalue weighted by atomic mass is 9.85. The molecule has 1 heterocycles. The van der Waals surface area contributed by atoms with Crippen molar-refractivity contribution >= 4 is 16.5 Å². The fraction of sp³-hybridized carbons (Fsp3) is 0.846. The zero-order chi connectivity index (χ0) is 12.8. The minimum absolute atomic E-state index is 0.926. The van der Waals surface area contributed by atoms with Crippen LogP contribution in [0.2, 0.25) is 0 Å². The van der Waals surface area contributed by atoms with E-state index in [-0.39, 0.29) is 0 Å². The maximum atomic E-state index is 4.27. The van der Waals surface area contributed by atoms with E-state index in [1.165, 1.54) is 25.8 Å². The molecule has 0 radical (unpaired) electrons. The highest BCUT2D eigenvalue weighted by molar-refractivity contribution is 7.15. The molecule has 5 heteroatoms. The van der Waals surface area contributed by atoms with Crippen molar-refractivity contribution in [2.75, 3.05) is 25.0 Å². The number of aromatic nitrogens is 2. The molecule has 1 aliphatic carbocycles. The van der Waals surface area contributed by atoms with Crippen LogP contribution in [-0.4, -0.2) is 34.7 Å². The van der Waals surface area contributed by atoms with Gasteiger partial charge in [0.15, 0.2) is 0 Å². The summed E-state index contributed by atoms with van der Waals surface area (Å²) < 4.78 is 0. The molecule has 0 aliphatic heterocycles. The molecule has 0 atom stereocenters. The third-order valence-electron chi connectivity index (χ3n) is 3.54. The Hall–Kier alpha value is -0.680. The van der Waals surface area contributed by atoms with Gasteiger partial charge in [0.1, 0.15) is 5.01 Å². The van der Waals surface area contributed by atoms with Crippen molar-refractivity contribution in [3.8, 4) is 0 Å². The highest BCUT2D eigenvalue weighted by Crippen LogP contribution is 2.27. The molecule has 102 valence electrons. The minimum Gasteiger partial charge on any atom is -0.360 e. The Morgan fingerprint density at radius 1 is 1.33 bits per heavy atom. The normalized spacial score (nSPS) is 15.9. The Morgan fingerprint density at radius 3 is 2.78 bits per heavy atom. The van der Waals surface area contributed by atoms with Crippen LogP contribution in [0, 0.1) is 5.92 Å². The second kappa shape index (κ2) is 7.04. The molecule has 0 unspecified atom stereocenters. The van der Waals surface area contributed by atoms with Gasteiger partial charge in [0.2, 0.25) is 5.13 Å². The van der Waals surface area contributed by atoms with Crippen LogP contribution in [0.5, 0.6) is 0 Å². The van der Waals surface area contributed by atoms with Crippen LogP contribution >= 0.6 is 11.3 Å². The molecule has 1 aromatic rings. The molecule has 1 N–H and O–H groups in total. The summed E-state index contributed by atoms with van der Waals surface area (Å²) in [6, 6.07) is 0. The Balaban J connectivity index is 1.80. The summed E-state index contributed by atoms with van der Waals surface area (Å²) in [7, 11) is 0. The van der Waals surface area contributed by atoms with Crippen molar-refractivity contribution < 1.29 is 0 Å². The maximum absolute atomic E-state index is 4.27. The molecule has 0 saturated heterocycles. The van der Waals surface area contributed by atoms with Crippen molar-refractivity contribution in [2.45, 2.75) is 46.1 Å². The number of anilines is 1. The Labute approximate surface area is 114 Å². The van der Waals surface area contributed by atoms with E-state index in [4.69, 9.17) is 0 Å². The minimum atomic E-state index is 0.926. The fourth-order valence-corrected chi connectivity index (χ4v) is 2.97. The quantitative estimate of drug-likeness (QED) is 0.787. The van der Waals surface area contributed by atoms with Crippen LogP contribution in [0.15, 0.2) is 0 Å². The molecule has 2 rings (SSSR count). The molecular formula is C13H24N4S. The summed E-state index contributed by atoms with van der Waals surface area (Å²) in [4.78, 5) is 2.49. The predicted molar refractivity (Wildman–Crippen MR) is 77.0 cm³/mol. The molecule has 0 aromatic carbocycles. The Kier molecular flexibility index (Phi) is 5.38. The zero-order valence-corrected chi connectivity index (χ0v) is 12.3. The van der Waals surface area contributed by atoms with Crippen molar-refractivity contribution in [1.29, 1.82) is 0 Å². The van der Waals surface area contributed by atoms with Crippen molar-refractivity contribution in [2.24, 2.45) is 5.92 Å². The summed E-state index contributed by atoms with van der Waals surface area (Å²) >= 11 is 1.69. The summed E-state index contributed by atoms with van der Waals surface area (Å²) in [5.41, 5.74) is 0. The average Bonchev–Trinajstić information content (AvgIpc) is 2.77. The molecular weight excluding hydrogens is 244 g/mol. The number of nitrogens with one attached hydrogen (secondary N) is 1. The molecule has 0 bridgehead atoms. The highest BCUT2D eigenvalue weighted by atomic mass is 32.1. The molecule has 1 aromatic heterocycles. The van der Waals surface area contributed by atoms with E-state index >= 15 is 0 Å². The first-order chi connectivity index (χ1) is 8.81. The Morgan fingerprint density at radius 2 is 2.17 bits per heavy atom. The van der Waals surface area contributed by atoms with Gasteiger partial charge < -0.3 is 5.32 Å². The maximum Gasteiger partial charge on any atom is 0.205 e. The molecule has 0 amide bonds. The van der Waals surface area contributed by atoms with E-state index in [9.17, 15) is 0 Å². The first kappa shape index (κ1) is 13.7. The standard InChI is InChI=1S/C13H24N4S/c1-3-8-14-13-16-15-12(18-13)10-17(4-2)9-11-6-5-7-11/h11H,3-10H2,1-2H3,(H,14,16). The van der Waals surface area contributed by atoms with Crippen LogP contribution in [0.25, 0.3) is 0 Å². The topological polar surface area (TPSA) is 41.1 Å². The summed E-state index contributed by atoms with van der Waals surface area (Å²) in [5.74, 6) is 0.926. The predicted octanol–water partition coefficient (Wildman–Crippen LogP) is 2.98. The first-order valence-electron chi connectivity index (χ1n) is 7.10. The van der Waals surface area contributed by atoms with E-state index in [0.717, 1.165) is 42.1 Å². The first-order valence-corrected chi connectivity index (χ1v) is 7.92. The molecule has 4 nitrogen and oxygen atoms in total. The lowest BCUT2D eigenvalue weighted by molar-refractivity contribution is 0.178. The van der Waals surface area contributed by atoms with Gasteiger partial charge in [-0.15, -0.1) is 10.2 Å². The van der Waals surface area contributed by atoms with Gasteiger partial charge in [-0.1, -0.05) is 31.6 Å². The van der Waals surface area contributed by atoms with Gasteiger partial charge in [-0.2, -0.15) is 0 Å². The molecule has 0 spiro atoms. The average molecular weight is 268 g/mol. The van der Waals surface area contributed by atoms with Crippen LogP contribution in [-0.2, 0) is 6.54 Å². The van der Waals surface area contributed by atoms with Crippen LogP contribution in [0.1, 0.15) is 44.5 Å². The number of nitrogens with zero attached hydrogens (tertiary/aromatic N) is 3. The molecule has 1 saturated carbocycles. The van der Waals surface area contributed by atoms with Crippen molar-refractivity contribution in [3.05, 3.63) is 5.01 Å². The lowest BCUT2D eigenvalue weighted by Crippen LogP contribution is -2.32. The van der Waals surface area contributed by atoms with Crippen LogP contribution in [0.4, 0.5) is 5.13 Å². The monoisotopic (exact) mass is 268 g/mol. The van der Waals surface area contributed by atoms with Crippen molar-refractivity contribution in [1.82, 2.24) is 15.1 Å². The third kappa shape index (κ3) is 3.92. The SMILES string of the molecule is CCCNc1nnc(CN(CC)CC2CCC2)s1. The van der Waals surface area contributed by atoms with Gasteiger partial charge >= 0.3 is 0 Å². The zero-order valence-electron chi connectivity index (χ0n) is 11.5. The van der Waals surface area contributed by atoms with E-state index in [0.29, 0.717) is 0 Å². The van der Waals surface area contributed by atoms with E-state index in [1.54, 1.807) is 11.3 Å². The van der Waals surface area contributed by atoms with Gasteiger partial charge in [0.25, 0.3) is 0 Å². The highest BCUT2D eigenvalue weighted by Gasteiger charge is 2.20. The van der Waals surface area contributed by atoms with E-state index in [1.807, 2.05) is 0 Å². The van der Waals surface area contributed by atoms with E-state index in [2.05, 4.69) is 34.3 Å². The summed E-state index contributed by atoms with van der Waals surface area (Å²) in [6.07, 6.45) is 5.37. The largest absolute Gasteiger partial charge is 0.360 e. The number of rotatable bonds is 8. The fourth-order valence-electron chi connectivity index (χ4n) is 2.16. The molecule has 1 aliphatic rings. The molecule has 18 heavy (non-hydrogen) atoms. The van der Waals surface area contributed by atoms with Crippen LogP contribution < -0.4 is 5.32 Å². The Bertz CT molecular complexity index is 349. The third-order valence-corrected chi connectivity index (χ3v) is 4.41. The summed E-state index contributed by atoms with van der Waals surface area (Å²) in [5, 5.41) is 13.9. The van der Waals surface area contributed by atoms with Gasteiger partial charge in [0, 0.05) is 13.1 Å². The van der Waals surface area contributed by atoms with Gasteiger partial charge in [-0.25, -0.2) is 0 Å². The van der Waals surface area contributed by atoms with E-state index < -0.39 is 0 Å². The molecule has 1 fully saturated rings. The van der Waals surface area contributed by atoms with Crippen LogP contribution in [0.3, 0.4) is 0 Å². The second-order valence-electron chi connectivity index (χ2n) is 5.05. The second-order valence-corrected chi connectivity index (χ2v) is 6.11. The van der Waals surface area contributed by atoms with Gasteiger partial charge in [-0.05, 0) is 31.7 Å². The smallest absolute Gasteiger partial charge is 0.205 e. The number of hydrogen-bond acceptors (Lipinski definition) is 5. The van der Waals surface area contributed by atoms with Gasteiger partial charge in [-0.3, -0.25) is 4.90 Å². The van der Waals surface area contributed by atoms with Crippen molar-refractivity contribution in [3.63, 3.8) is 0 Å². The lowest BCUT2D eigenvalue weighted by Gasteiger charge is -2.31. The number of hydrogen-bond donors (Lipinski definition) is 1. The summed E-state index contributed by atoms with van der Waals surface area (Å²) in [6.45, 7) is 8.66.